The predicted molar refractivity (Wildman–Crippen MR) is 78.0 cm³/mol. The molecule has 1 aromatic carbocycles. The van der Waals surface area contributed by atoms with Gasteiger partial charge in [0.1, 0.15) is 0 Å². The summed E-state index contributed by atoms with van der Waals surface area (Å²) in [5.74, 6) is 0. The molecule has 19 heavy (non-hydrogen) atoms. The molecule has 0 atom stereocenters. The Labute approximate surface area is 114 Å². The second-order valence-corrected chi connectivity index (χ2v) is 5.20. The number of rotatable bonds is 4. The van der Waals surface area contributed by atoms with Gasteiger partial charge in [-0.25, -0.2) is 0 Å². The van der Waals surface area contributed by atoms with Crippen molar-refractivity contribution in [2.75, 3.05) is 18.9 Å². The standard InChI is InChI=1S/C16H19N3/c1-19(11-13-4-7-17-8-5-13)12-14-2-3-15-6-9-18-16(15)10-14/h2-5,7-8,10,18H,6,9,11-12H2,1H3. The van der Waals surface area contributed by atoms with Crippen LogP contribution in [0.25, 0.3) is 0 Å². The van der Waals surface area contributed by atoms with E-state index in [9.17, 15) is 0 Å². The van der Waals surface area contributed by atoms with E-state index in [-0.39, 0.29) is 0 Å². The van der Waals surface area contributed by atoms with Crippen LogP contribution in [0.4, 0.5) is 5.69 Å². The lowest BCUT2D eigenvalue weighted by Crippen LogP contribution is -2.17. The first-order valence-corrected chi connectivity index (χ1v) is 6.74. The Morgan fingerprint density at radius 1 is 1.11 bits per heavy atom. The lowest BCUT2D eigenvalue weighted by atomic mass is 10.1. The van der Waals surface area contributed by atoms with Gasteiger partial charge in [0.15, 0.2) is 0 Å². The highest BCUT2D eigenvalue weighted by molar-refractivity contribution is 5.57. The largest absolute Gasteiger partial charge is 0.384 e. The normalized spacial score (nSPS) is 13.4. The van der Waals surface area contributed by atoms with Crippen LogP contribution in [0.15, 0.2) is 42.7 Å². The average molecular weight is 253 g/mol. The van der Waals surface area contributed by atoms with Gasteiger partial charge in [-0.1, -0.05) is 12.1 Å². The maximum atomic E-state index is 4.05. The molecule has 0 unspecified atom stereocenters. The third-order valence-corrected chi connectivity index (χ3v) is 3.54. The zero-order valence-electron chi connectivity index (χ0n) is 11.3. The van der Waals surface area contributed by atoms with Gasteiger partial charge in [-0.05, 0) is 48.4 Å². The summed E-state index contributed by atoms with van der Waals surface area (Å²) in [5.41, 5.74) is 5.43. The second-order valence-electron chi connectivity index (χ2n) is 5.20. The van der Waals surface area contributed by atoms with Gasteiger partial charge < -0.3 is 5.32 Å². The van der Waals surface area contributed by atoms with E-state index in [0.717, 1.165) is 26.1 Å². The van der Waals surface area contributed by atoms with Crippen molar-refractivity contribution < 1.29 is 0 Å². The fourth-order valence-electron chi connectivity index (χ4n) is 2.60. The maximum Gasteiger partial charge on any atom is 0.0376 e. The monoisotopic (exact) mass is 253 g/mol. The number of fused-ring (bicyclic) bond motifs is 1. The van der Waals surface area contributed by atoms with Crippen molar-refractivity contribution >= 4 is 5.69 Å². The summed E-state index contributed by atoms with van der Waals surface area (Å²) >= 11 is 0. The van der Waals surface area contributed by atoms with E-state index in [1.165, 1.54) is 22.4 Å². The molecule has 98 valence electrons. The van der Waals surface area contributed by atoms with Crippen LogP contribution in [0, 0.1) is 0 Å². The number of aromatic nitrogens is 1. The zero-order chi connectivity index (χ0) is 13.1. The second kappa shape index (κ2) is 5.41. The predicted octanol–water partition coefficient (Wildman–Crippen LogP) is 2.68. The number of anilines is 1. The van der Waals surface area contributed by atoms with Crippen LogP contribution in [0.5, 0.6) is 0 Å². The number of benzene rings is 1. The van der Waals surface area contributed by atoms with Gasteiger partial charge >= 0.3 is 0 Å². The molecule has 0 spiro atoms. The van der Waals surface area contributed by atoms with Crippen molar-refractivity contribution in [2.45, 2.75) is 19.5 Å². The lowest BCUT2D eigenvalue weighted by molar-refractivity contribution is 0.319. The van der Waals surface area contributed by atoms with Crippen LogP contribution in [0.2, 0.25) is 0 Å². The summed E-state index contributed by atoms with van der Waals surface area (Å²) in [6, 6.07) is 10.9. The first-order valence-electron chi connectivity index (χ1n) is 6.74. The molecule has 0 radical (unpaired) electrons. The smallest absolute Gasteiger partial charge is 0.0376 e. The highest BCUT2D eigenvalue weighted by Crippen LogP contribution is 2.23. The van der Waals surface area contributed by atoms with E-state index < -0.39 is 0 Å². The minimum atomic E-state index is 0.951. The Morgan fingerprint density at radius 2 is 1.89 bits per heavy atom. The maximum absolute atomic E-state index is 4.05. The van der Waals surface area contributed by atoms with Crippen LogP contribution in [-0.2, 0) is 19.5 Å². The molecule has 3 nitrogen and oxygen atoms in total. The quantitative estimate of drug-likeness (QED) is 0.908. The van der Waals surface area contributed by atoms with Crippen molar-refractivity contribution in [3.8, 4) is 0 Å². The van der Waals surface area contributed by atoms with Crippen molar-refractivity contribution in [3.63, 3.8) is 0 Å². The highest BCUT2D eigenvalue weighted by Gasteiger charge is 2.10. The Balaban J connectivity index is 1.65. The summed E-state index contributed by atoms with van der Waals surface area (Å²) in [6.45, 7) is 3.00. The van der Waals surface area contributed by atoms with E-state index in [2.05, 4.69) is 52.6 Å². The Kier molecular flexibility index (Phi) is 3.47. The van der Waals surface area contributed by atoms with Crippen LogP contribution >= 0.6 is 0 Å². The van der Waals surface area contributed by atoms with Crippen molar-refractivity contribution in [3.05, 3.63) is 59.4 Å². The Bertz CT molecular complexity index is 551. The SMILES string of the molecule is CN(Cc1ccncc1)Cc1ccc2c(c1)NCC2. The molecule has 0 saturated carbocycles. The minimum absolute atomic E-state index is 0.951. The molecule has 0 aliphatic carbocycles. The molecule has 0 bridgehead atoms. The summed E-state index contributed by atoms with van der Waals surface area (Å²) in [4.78, 5) is 6.37. The highest BCUT2D eigenvalue weighted by atomic mass is 15.1. The molecule has 2 heterocycles. The number of hydrogen-bond donors (Lipinski definition) is 1. The fourth-order valence-corrected chi connectivity index (χ4v) is 2.60. The van der Waals surface area contributed by atoms with Crippen LogP contribution in [0.3, 0.4) is 0 Å². The Morgan fingerprint density at radius 3 is 2.74 bits per heavy atom. The van der Waals surface area contributed by atoms with Gasteiger partial charge in [-0.2, -0.15) is 0 Å². The molecule has 0 fully saturated rings. The molecule has 1 aliphatic rings. The van der Waals surface area contributed by atoms with Gasteiger partial charge in [0, 0.05) is 37.7 Å². The van der Waals surface area contributed by atoms with Crippen LogP contribution < -0.4 is 5.32 Å². The average Bonchev–Trinajstić information content (AvgIpc) is 2.87. The summed E-state index contributed by atoms with van der Waals surface area (Å²) in [7, 11) is 2.15. The third-order valence-electron chi connectivity index (χ3n) is 3.54. The summed E-state index contributed by atoms with van der Waals surface area (Å²) in [6.07, 6.45) is 4.85. The molecule has 1 aliphatic heterocycles. The molecular formula is C16H19N3. The van der Waals surface area contributed by atoms with E-state index in [4.69, 9.17) is 0 Å². The molecule has 2 aromatic rings. The fraction of sp³-hybridized carbons (Fsp3) is 0.312. The molecule has 1 N–H and O–H groups in total. The van der Waals surface area contributed by atoms with Crippen molar-refractivity contribution in [2.24, 2.45) is 0 Å². The number of nitrogens with one attached hydrogen (secondary N) is 1. The van der Waals surface area contributed by atoms with Crippen molar-refractivity contribution in [1.29, 1.82) is 0 Å². The van der Waals surface area contributed by atoms with Crippen LogP contribution in [-0.4, -0.2) is 23.5 Å². The molecule has 3 rings (SSSR count). The molecular weight excluding hydrogens is 234 g/mol. The van der Waals surface area contributed by atoms with E-state index >= 15 is 0 Å². The van der Waals surface area contributed by atoms with Gasteiger partial charge in [0.05, 0.1) is 0 Å². The number of hydrogen-bond acceptors (Lipinski definition) is 3. The first kappa shape index (κ1) is 12.2. The minimum Gasteiger partial charge on any atom is -0.384 e. The molecule has 0 amide bonds. The van der Waals surface area contributed by atoms with Crippen molar-refractivity contribution in [1.82, 2.24) is 9.88 Å². The van der Waals surface area contributed by atoms with E-state index in [0.29, 0.717) is 0 Å². The zero-order valence-corrected chi connectivity index (χ0v) is 11.3. The van der Waals surface area contributed by atoms with E-state index in [1.54, 1.807) is 0 Å². The van der Waals surface area contributed by atoms with Gasteiger partial charge in [0.2, 0.25) is 0 Å². The van der Waals surface area contributed by atoms with Crippen LogP contribution in [0.1, 0.15) is 16.7 Å². The van der Waals surface area contributed by atoms with Gasteiger partial charge in [0.25, 0.3) is 0 Å². The van der Waals surface area contributed by atoms with Gasteiger partial charge in [-0.15, -0.1) is 0 Å². The topological polar surface area (TPSA) is 28.2 Å². The first-order chi connectivity index (χ1) is 9.31. The number of nitrogens with zero attached hydrogens (tertiary/aromatic N) is 2. The third kappa shape index (κ3) is 2.93. The lowest BCUT2D eigenvalue weighted by Gasteiger charge is -2.17. The molecule has 3 heteroatoms. The van der Waals surface area contributed by atoms with Gasteiger partial charge in [-0.3, -0.25) is 9.88 Å². The number of pyridine rings is 1. The van der Waals surface area contributed by atoms with E-state index in [1.807, 2.05) is 12.4 Å². The summed E-state index contributed by atoms with van der Waals surface area (Å²) in [5, 5.41) is 3.44. The molecule has 0 saturated heterocycles. The Hall–Kier alpha value is -1.87. The molecule has 1 aromatic heterocycles. The summed E-state index contributed by atoms with van der Waals surface area (Å²) < 4.78 is 0.